The summed E-state index contributed by atoms with van der Waals surface area (Å²) >= 11 is 0. The Balaban J connectivity index is 1.65. The maximum atomic E-state index is 12.8. The average molecular weight is 449 g/mol. The van der Waals surface area contributed by atoms with E-state index in [2.05, 4.69) is 10.6 Å². The van der Waals surface area contributed by atoms with E-state index in [1.807, 2.05) is 31.2 Å². The van der Waals surface area contributed by atoms with Crippen molar-refractivity contribution in [3.63, 3.8) is 0 Å². The van der Waals surface area contributed by atoms with Crippen LogP contribution in [-0.4, -0.2) is 39.2 Å². The summed E-state index contributed by atoms with van der Waals surface area (Å²) < 4.78 is 16.0. The molecular weight excluding hydrogens is 420 g/mol. The van der Waals surface area contributed by atoms with Crippen molar-refractivity contribution in [2.24, 2.45) is 0 Å². The van der Waals surface area contributed by atoms with Crippen LogP contribution in [0.4, 0.5) is 5.69 Å². The highest BCUT2D eigenvalue weighted by Gasteiger charge is 2.15. The summed E-state index contributed by atoms with van der Waals surface area (Å²) in [5, 5.41) is 5.73. The molecule has 0 saturated heterocycles. The van der Waals surface area contributed by atoms with Gasteiger partial charge in [0.15, 0.2) is 11.5 Å². The molecule has 0 aromatic heterocycles. The quantitative estimate of drug-likeness (QED) is 0.482. The highest BCUT2D eigenvalue weighted by molar-refractivity contribution is 6.09. The van der Waals surface area contributed by atoms with Crippen LogP contribution in [0.25, 0.3) is 0 Å². The third-order valence-corrected chi connectivity index (χ3v) is 5.00. The molecule has 0 aliphatic heterocycles. The summed E-state index contributed by atoms with van der Waals surface area (Å²) in [5.74, 6) is 1.21. The molecule has 7 heteroatoms. The molecule has 172 valence electrons. The number of methoxy groups -OCH3 is 2. The van der Waals surface area contributed by atoms with Gasteiger partial charge in [-0.15, -0.1) is 0 Å². The molecule has 33 heavy (non-hydrogen) atoms. The van der Waals surface area contributed by atoms with Gasteiger partial charge in [-0.2, -0.15) is 0 Å². The fourth-order valence-electron chi connectivity index (χ4n) is 3.28. The second-order valence-electron chi connectivity index (χ2n) is 7.15. The summed E-state index contributed by atoms with van der Waals surface area (Å²) in [6, 6.07) is 19.5. The molecule has 0 aliphatic rings. The van der Waals surface area contributed by atoms with Gasteiger partial charge in [0.25, 0.3) is 11.8 Å². The van der Waals surface area contributed by atoms with Crippen LogP contribution in [0.3, 0.4) is 0 Å². The number of hydrogen-bond acceptors (Lipinski definition) is 5. The van der Waals surface area contributed by atoms with Crippen LogP contribution >= 0.6 is 0 Å². The third kappa shape index (κ3) is 6.26. The van der Waals surface area contributed by atoms with Gasteiger partial charge in [-0.25, -0.2) is 0 Å². The lowest BCUT2D eigenvalue weighted by Gasteiger charge is -2.13. The lowest BCUT2D eigenvalue weighted by atomic mass is 10.1. The highest BCUT2D eigenvalue weighted by atomic mass is 16.5. The van der Waals surface area contributed by atoms with Gasteiger partial charge in [-0.3, -0.25) is 9.59 Å². The summed E-state index contributed by atoms with van der Waals surface area (Å²) in [4.78, 5) is 25.6. The molecule has 2 amide bonds. The van der Waals surface area contributed by atoms with E-state index >= 15 is 0 Å². The minimum atomic E-state index is -0.352. The van der Waals surface area contributed by atoms with Crippen LogP contribution in [0.2, 0.25) is 0 Å². The second-order valence-corrected chi connectivity index (χ2v) is 7.15. The van der Waals surface area contributed by atoms with Crippen molar-refractivity contribution in [1.82, 2.24) is 5.32 Å². The van der Waals surface area contributed by atoms with Crippen LogP contribution in [0.15, 0.2) is 66.7 Å². The van der Waals surface area contributed by atoms with E-state index in [4.69, 9.17) is 14.2 Å². The smallest absolute Gasteiger partial charge is 0.255 e. The third-order valence-electron chi connectivity index (χ3n) is 5.00. The number of carbonyl (C=O) groups is 2. The van der Waals surface area contributed by atoms with Crippen molar-refractivity contribution in [2.75, 3.05) is 32.7 Å². The van der Waals surface area contributed by atoms with Gasteiger partial charge < -0.3 is 24.8 Å². The van der Waals surface area contributed by atoms with E-state index in [1.165, 1.54) is 7.11 Å². The SMILES string of the molecule is CCOc1ccc(C(=O)Nc2ccccc2C(=O)NCCc2ccc(OC)cc2)cc1OC. The topological polar surface area (TPSA) is 85.9 Å². The number of ether oxygens (including phenoxy) is 3. The number of rotatable bonds is 10. The number of anilines is 1. The van der Waals surface area contributed by atoms with Crippen molar-refractivity contribution in [2.45, 2.75) is 13.3 Å². The van der Waals surface area contributed by atoms with Crippen LogP contribution in [0, 0.1) is 0 Å². The van der Waals surface area contributed by atoms with Crippen molar-refractivity contribution < 1.29 is 23.8 Å². The first kappa shape index (κ1) is 23.7. The largest absolute Gasteiger partial charge is 0.497 e. The fraction of sp³-hybridized carbons (Fsp3) is 0.231. The summed E-state index contributed by atoms with van der Waals surface area (Å²) in [7, 11) is 3.14. The number of nitrogens with one attached hydrogen (secondary N) is 2. The lowest BCUT2D eigenvalue weighted by Crippen LogP contribution is -2.27. The summed E-state index contributed by atoms with van der Waals surface area (Å²) in [6.45, 7) is 2.82. The Hall–Kier alpha value is -4.00. The van der Waals surface area contributed by atoms with E-state index in [1.54, 1.807) is 49.6 Å². The second kappa shape index (κ2) is 11.6. The molecule has 3 aromatic rings. The van der Waals surface area contributed by atoms with E-state index in [0.717, 1.165) is 11.3 Å². The Kier molecular flexibility index (Phi) is 8.30. The van der Waals surface area contributed by atoms with Gasteiger partial charge in [0.05, 0.1) is 32.1 Å². The normalized spacial score (nSPS) is 10.3. The number of amides is 2. The molecule has 3 rings (SSSR count). The molecule has 0 bridgehead atoms. The molecule has 0 heterocycles. The summed E-state index contributed by atoms with van der Waals surface area (Å²) in [6.07, 6.45) is 0.677. The Morgan fingerprint density at radius 1 is 0.848 bits per heavy atom. The van der Waals surface area contributed by atoms with Gasteiger partial charge in [-0.1, -0.05) is 24.3 Å². The fourth-order valence-corrected chi connectivity index (χ4v) is 3.28. The number of carbonyl (C=O) groups excluding carboxylic acids is 2. The predicted molar refractivity (Wildman–Crippen MR) is 128 cm³/mol. The van der Waals surface area contributed by atoms with Crippen molar-refractivity contribution in [3.8, 4) is 17.2 Å². The van der Waals surface area contributed by atoms with E-state index < -0.39 is 0 Å². The van der Waals surface area contributed by atoms with E-state index in [0.29, 0.717) is 47.9 Å². The molecule has 2 N–H and O–H groups in total. The first-order chi connectivity index (χ1) is 16.0. The van der Waals surface area contributed by atoms with Crippen LogP contribution in [0.1, 0.15) is 33.2 Å². The van der Waals surface area contributed by atoms with Crippen molar-refractivity contribution in [3.05, 3.63) is 83.4 Å². The molecule has 0 unspecified atom stereocenters. The monoisotopic (exact) mass is 448 g/mol. The Bertz CT molecular complexity index is 1100. The van der Waals surface area contributed by atoms with Crippen LogP contribution in [0.5, 0.6) is 17.2 Å². The zero-order chi connectivity index (χ0) is 23.6. The van der Waals surface area contributed by atoms with Crippen molar-refractivity contribution >= 4 is 17.5 Å². The van der Waals surface area contributed by atoms with Gasteiger partial charge in [-0.05, 0) is 61.4 Å². The molecule has 3 aromatic carbocycles. The molecule has 0 radical (unpaired) electrons. The highest BCUT2D eigenvalue weighted by Crippen LogP contribution is 2.28. The van der Waals surface area contributed by atoms with Crippen LogP contribution < -0.4 is 24.8 Å². The first-order valence-corrected chi connectivity index (χ1v) is 10.7. The number of para-hydroxylation sites is 1. The molecule has 0 saturated carbocycles. The molecule has 0 fully saturated rings. The lowest BCUT2D eigenvalue weighted by molar-refractivity contribution is 0.0955. The van der Waals surface area contributed by atoms with Gasteiger partial charge in [0.2, 0.25) is 0 Å². The number of hydrogen-bond donors (Lipinski definition) is 2. The molecule has 0 spiro atoms. The molecule has 0 aliphatic carbocycles. The van der Waals surface area contributed by atoms with E-state index in [-0.39, 0.29) is 11.8 Å². The zero-order valence-electron chi connectivity index (χ0n) is 19.0. The maximum absolute atomic E-state index is 12.8. The first-order valence-electron chi connectivity index (χ1n) is 10.7. The molecule has 0 atom stereocenters. The average Bonchev–Trinajstić information content (AvgIpc) is 2.85. The standard InChI is InChI=1S/C26H28N2O5/c1-4-33-23-14-11-19(17-24(23)32-3)25(29)28-22-8-6-5-7-21(22)26(30)27-16-15-18-9-12-20(31-2)13-10-18/h5-14,17H,4,15-16H2,1-3H3,(H,27,30)(H,28,29). The van der Waals surface area contributed by atoms with Gasteiger partial charge >= 0.3 is 0 Å². The number of benzene rings is 3. The minimum absolute atomic E-state index is 0.260. The zero-order valence-corrected chi connectivity index (χ0v) is 19.0. The Morgan fingerprint density at radius 3 is 2.30 bits per heavy atom. The maximum Gasteiger partial charge on any atom is 0.255 e. The predicted octanol–water partition coefficient (Wildman–Crippen LogP) is 4.33. The molecular formula is C26H28N2O5. The van der Waals surface area contributed by atoms with Crippen LogP contribution in [-0.2, 0) is 6.42 Å². The van der Waals surface area contributed by atoms with E-state index in [9.17, 15) is 9.59 Å². The Labute approximate surface area is 193 Å². The molecule has 7 nitrogen and oxygen atoms in total. The minimum Gasteiger partial charge on any atom is -0.497 e. The van der Waals surface area contributed by atoms with Gasteiger partial charge in [0.1, 0.15) is 5.75 Å². The Morgan fingerprint density at radius 2 is 1.61 bits per heavy atom. The summed E-state index contributed by atoms with van der Waals surface area (Å²) in [5.41, 5.74) is 2.29. The van der Waals surface area contributed by atoms with Crippen molar-refractivity contribution in [1.29, 1.82) is 0 Å². The van der Waals surface area contributed by atoms with Gasteiger partial charge in [0, 0.05) is 12.1 Å².